The number of hydrogen-bond acceptors (Lipinski definition) is 3. The van der Waals surface area contributed by atoms with Gasteiger partial charge in [-0.2, -0.15) is 5.26 Å². The lowest BCUT2D eigenvalue weighted by molar-refractivity contribution is -0.119. The maximum Gasteiger partial charge on any atom is 0.235 e. The highest BCUT2D eigenvalue weighted by atomic mass is 16.2. The summed E-state index contributed by atoms with van der Waals surface area (Å²) in [5, 5.41) is 9.17. The molecule has 1 aromatic carbocycles. The minimum absolute atomic E-state index is 0.144. The average molecular weight is 378 g/mol. The Morgan fingerprint density at radius 3 is 2.64 bits per heavy atom. The van der Waals surface area contributed by atoms with E-state index in [0.29, 0.717) is 0 Å². The van der Waals surface area contributed by atoms with Crippen LogP contribution in [0.4, 0.5) is 5.69 Å². The van der Waals surface area contributed by atoms with Crippen LogP contribution in [-0.4, -0.2) is 36.5 Å². The summed E-state index contributed by atoms with van der Waals surface area (Å²) in [5.41, 5.74) is 2.10. The third kappa shape index (κ3) is 3.14. The topological polar surface area (TPSA) is 47.3 Å². The second-order valence-corrected chi connectivity index (χ2v) is 9.49. The number of rotatable bonds is 4. The van der Waals surface area contributed by atoms with Gasteiger partial charge >= 0.3 is 0 Å². The smallest absolute Gasteiger partial charge is 0.235 e. The van der Waals surface area contributed by atoms with Crippen molar-refractivity contribution in [1.29, 1.82) is 5.26 Å². The number of carbonyl (C=O) groups is 1. The molecule has 0 spiro atoms. The monoisotopic (exact) mass is 377 g/mol. The molecule has 4 unspecified atom stereocenters. The van der Waals surface area contributed by atoms with Crippen molar-refractivity contribution in [2.45, 2.75) is 63.3 Å². The van der Waals surface area contributed by atoms with E-state index in [1.807, 2.05) is 23.1 Å². The molecule has 4 nitrogen and oxygen atoms in total. The van der Waals surface area contributed by atoms with Gasteiger partial charge in [-0.25, -0.2) is 0 Å². The quantitative estimate of drug-likeness (QED) is 0.785. The van der Waals surface area contributed by atoms with Gasteiger partial charge in [0.15, 0.2) is 0 Å². The van der Waals surface area contributed by atoms with Gasteiger partial charge < -0.3 is 9.80 Å². The number of likely N-dealkylation sites (tertiary alicyclic amines) is 1. The van der Waals surface area contributed by atoms with E-state index in [4.69, 9.17) is 0 Å². The SMILES string of the molecule is N#CCC1C(=O)N(C2CCN(CC3CCC4CCC3C4)CC2)c2ccccc21. The fourth-order valence-electron chi connectivity index (χ4n) is 6.51. The van der Waals surface area contributed by atoms with Gasteiger partial charge in [0.1, 0.15) is 0 Å². The van der Waals surface area contributed by atoms with Crippen molar-refractivity contribution in [2.75, 3.05) is 24.5 Å². The molecule has 2 bridgehead atoms. The molecule has 2 heterocycles. The zero-order chi connectivity index (χ0) is 19.1. The number of benzene rings is 1. The van der Waals surface area contributed by atoms with Gasteiger partial charge in [-0.3, -0.25) is 4.79 Å². The van der Waals surface area contributed by atoms with E-state index in [9.17, 15) is 10.1 Å². The van der Waals surface area contributed by atoms with Crippen LogP contribution in [0.15, 0.2) is 24.3 Å². The van der Waals surface area contributed by atoms with Gasteiger partial charge in [0, 0.05) is 31.4 Å². The van der Waals surface area contributed by atoms with Gasteiger partial charge in [0.25, 0.3) is 0 Å². The minimum atomic E-state index is -0.267. The van der Waals surface area contributed by atoms with Crippen LogP contribution in [-0.2, 0) is 4.79 Å². The third-order valence-electron chi connectivity index (χ3n) is 8.01. The predicted molar refractivity (Wildman–Crippen MR) is 110 cm³/mol. The molecule has 0 radical (unpaired) electrons. The summed E-state index contributed by atoms with van der Waals surface area (Å²) >= 11 is 0. The van der Waals surface area contributed by atoms with E-state index in [-0.39, 0.29) is 24.3 Å². The molecule has 4 heteroatoms. The second-order valence-electron chi connectivity index (χ2n) is 9.49. The highest BCUT2D eigenvalue weighted by Crippen LogP contribution is 2.46. The molecule has 2 aliphatic carbocycles. The van der Waals surface area contributed by atoms with E-state index in [1.54, 1.807) is 0 Å². The highest BCUT2D eigenvalue weighted by Gasteiger charge is 2.42. The molecule has 148 valence electrons. The van der Waals surface area contributed by atoms with E-state index >= 15 is 0 Å². The summed E-state index contributed by atoms with van der Waals surface area (Å²) in [6.45, 7) is 3.48. The van der Waals surface area contributed by atoms with Crippen molar-refractivity contribution in [3.8, 4) is 6.07 Å². The highest BCUT2D eigenvalue weighted by molar-refractivity contribution is 6.05. The van der Waals surface area contributed by atoms with Gasteiger partial charge in [-0.05, 0) is 61.5 Å². The lowest BCUT2D eigenvalue weighted by Crippen LogP contribution is -2.48. The van der Waals surface area contributed by atoms with Crippen molar-refractivity contribution in [3.05, 3.63) is 29.8 Å². The third-order valence-corrected chi connectivity index (χ3v) is 8.01. The van der Waals surface area contributed by atoms with E-state index in [1.165, 1.54) is 38.6 Å². The Morgan fingerprint density at radius 2 is 1.82 bits per heavy atom. The lowest BCUT2D eigenvalue weighted by atomic mass is 9.79. The fraction of sp³-hybridized carbons (Fsp3) is 0.667. The summed E-state index contributed by atoms with van der Waals surface area (Å²) in [7, 11) is 0. The number of amides is 1. The van der Waals surface area contributed by atoms with Crippen LogP contribution in [0.5, 0.6) is 0 Å². The number of piperidine rings is 1. The molecule has 3 fully saturated rings. The summed E-state index contributed by atoms with van der Waals surface area (Å²) in [6, 6.07) is 10.6. The summed E-state index contributed by atoms with van der Waals surface area (Å²) in [6.07, 6.45) is 9.71. The van der Waals surface area contributed by atoms with E-state index < -0.39 is 0 Å². The van der Waals surface area contributed by atoms with Crippen LogP contribution in [0.1, 0.15) is 62.8 Å². The van der Waals surface area contributed by atoms with Crippen molar-refractivity contribution >= 4 is 11.6 Å². The molecule has 1 amide bonds. The Bertz CT molecular complexity index is 776. The number of nitrogens with zero attached hydrogens (tertiary/aromatic N) is 3. The first-order valence-electron chi connectivity index (χ1n) is 11.3. The number of anilines is 1. The van der Waals surface area contributed by atoms with Gasteiger partial charge in [-0.1, -0.05) is 31.0 Å². The van der Waals surface area contributed by atoms with Gasteiger partial charge in [-0.15, -0.1) is 0 Å². The molecule has 4 aliphatic rings. The van der Waals surface area contributed by atoms with Gasteiger partial charge in [0.05, 0.1) is 18.4 Å². The van der Waals surface area contributed by atoms with E-state index in [2.05, 4.69) is 17.0 Å². The molecule has 2 saturated carbocycles. The first kappa shape index (κ1) is 18.2. The lowest BCUT2D eigenvalue weighted by Gasteiger charge is -2.40. The summed E-state index contributed by atoms with van der Waals surface area (Å²) in [4.78, 5) is 17.8. The molecular weight excluding hydrogens is 346 g/mol. The minimum Gasteiger partial charge on any atom is -0.308 e. The molecule has 0 aromatic heterocycles. The first-order chi connectivity index (χ1) is 13.7. The predicted octanol–water partition coefficient (Wildman–Crippen LogP) is 4.32. The summed E-state index contributed by atoms with van der Waals surface area (Å²) in [5.74, 6) is 2.80. The molecule has 5 rings (SSSR count). The largest absolute Gasteiger partial charge is 0.308 e. The number of hydrogen-bond donors (Lipinski definition) is 0. The average Bonchev–Trinajstić information content (AvgIpc) is 3.24. The Hall–Kier alpha value is -1.86. The maximum absolute atomic E-state index is 13.1. The first-order valence-corrected chi connectivity index (χ1v) is 11.3. The van der Waals surface area contributed by atoms with E-state index in [0.717, 1.165) is 54.9 Å². The van der Waals surface area contributed by atoms with Crippen LogP contribution in [0, 0.1) is 29.1 Å². The molecule has 1 saturated heterocycles. The standard InChI is InChI=1S/C24H31N3O/c25-12-9-22-21-3-1-2-4-23(21)27(24(22)28)20-10-13-26(14-11-20)16-19-8-6-17-5-7-18(19)15-17/h1-4,17-20,22H,5-11,13-16H2. The van der Waals surface area contributed by atoms with Crippen LogP contribution in [0.25, 0.3) is 0 Å². The van der Waals surface area contributed by atoms with Crippen LogP contribution < -0.4 is 4.90 Å². The number of fused-ring (bicyclic) bond motifs is 3. The number of nitriles is 1. The van der Waals surface area contributed by atoms with Crippen molar-refractivity contribution in [2.24, 2.45) is 17.8 Å². The molecule has 4 atom stereocenters. The Morgan fingerprint density at radius 1 is 1.04 bits per heavy atom. The van der Waals surface area contributed by atoms with Crippen LogP contribution in [0.3, 0.4) is 0 Å². The Balaban J connectivity index is 1.23. The normalized spacial score (nSPS) is 33.1. The number of para-hydroxylation sites is 1. The Labute approximate surface area is 168 Å². The molecule has 2 aliphatic heterocycles. The van der Waals surface area contributed by atoms with Crippen LogP contribution in [0.2, 0.25) is 0 Å². The molecule has 0 N–H and O–H groups in total. The van der Waals surface area contributed by atoms with Crippen LogP contribution >= 0.6 is 0 Å². The summed E-state index contributed by atoms with van der Waals surface area (Å²) < 4.78 is 0. The maximum atomic E-state index is 13.1. The number of carbonyl (C=O) groups excluding carboxylic acids is 1. The van der Waals surface area contributed by atoms with Crippen molar-refractivity contribution in [3.63, 3.8) is 0 Å². The molecular formula is C24H31N3O. The molecule has 28 heavy (non-hydrogen) atoms. The zero-order valence-electron chi connectivity index (χ0n) is 16.7. The van der Waals surface area contributed by atoms with Gasteiger partial charge in [0.2, 0.25) is 5.91 Å². The second kappa shape index (κ2) is 7.52. The zero-order valence-corrected chi connectivity index (χ0v) is 16.7. The molecule has 1 aromatic rings. The van der Waals surface area contributed by atoms with Crippen molar-refractivity contribution in [1.82, 2.24) is 4.90 Å². The fourth-order valence-corrected chi connectivity index (χ4v) is 6.51. The van der Waals surface area contributed by atoms with Crippen molar-refractivity contribution < 1.29 is 4.79 Å². The Kier molecular flexibility index (Phi) is 4.88.